The van der Waals surface area contributed by atoms with E-state index in [-0.39, 0.29) is 0 Å². The Morgan fingerprint density at radius 3 is 0.330 bits per heavy atom. The Labute approximate surface area is 653 Å². The minimum absolute atomic E-state index is 0.306. The monoisotopic (exact) mass is 1600 g/mol. The maximum absolute atomic E-state index is 2.71. The summed E-state index contributed by atoms with van der Waals surface area (Å²) in [5, 5.41) is 0. The summed E-state index contributed by atoms with van der Waals surface area (Å²) < 4.78 is 6.54. The van der Waals surface area contributed by atoms with Crippen molar-refractivity contribution in [1.82, 2.24) is 0 Å². The zero-order chi connectivity index (χ0) is 75.3. The fraction of sp³-hybridized carbons (Fsp3) is 0.750. The van der Waals surface area contributed by atoms with Crippen LogP contribution in [0.15, 0.2) is 24.3 Å². The van der Waals surface area contributed by atoms with Gasteiger partial charge in [0.05, 0.1) is 0 Å². The molecular formula is C96H148Ge4. The Kier molecular flexibility index (Phi) is 22.9. The molecule has 0 nitrogen and oxygen atoms in total. The second-order valence-corrected chi connectivity index (χ2v) is 45.0. The summed E-state index contributed by atoms with van der Waals surface area (Å²) in [4.78, 5) is 0. The molecule has 0 unspecified atom stereocenters. The SMILES string of the molecule is CCC1(CC)CC(C)(C)c2c1cc1c([c]2[Ge])C(C)(C)CC1(CC)CC.CCC1(CC)CC(C)(C)c2c1cc1c([c]2[Ge])C(C)(C)CC1(CC)CC.CCC1(CC)CC(C)(C)c2c1cc1c([c]2[Ge])C(C)(C)CC1(CC)CC.CCC1(CC)CC(C)(C)c2c1cc1c([c]2[Ge])C(C)(C)CC1(CC)CC. The van der Waals surface area contributed by atoms with E-state index >= 15 is 0 Å². The van der Waals surface area contributed by atoms with Crippen molar-refractivity contribution in [2.24, 2.45) is 0 Å². The van der Waals surface area contributed by atoms with E-state index in [4.69, 9.17) is 0 Å². The van der Waals surface area contributed by atoms with Crippen molar-refractivity contribution in [2.45, 2.75) is 462 Å². The molecule has 0 fully saturated rings. The van der Waals surface area contributed by atoms with Crippen molar-refractivity contribution in [2.75, 3.05) is 0 Å². The van der Waals surface area contributed by atoms with Crippen LogP contribution in [0, 0.1) is 0 Å². The first-order chi connectivity index (χ1) is 46.2. The Hall–Kier alpha value is -0.949. The molecule has 12 rings (SSSR count). The van der Waals surface area contributed by atoms with Crippen LogP contribution in [0.5, 0.6) is 0 Å². The predicted molar refractivity (Wildman–Crippen MR) is 447 cm³/mol. The first-order valence-corrected chi connectivity index (χ1v) is 46.1. The van der Waals surface area contributed by atoms with E-state index in [0.717, 1.165) is 0 Å². The van der Waals surface area contributed by atoms with Crippen LogP contribution in [0.25, 0.3) is 0 Å². The van der Waals surface area contributed by atoms with Crippen LogP contribution in [-0.4, -0.2) is 66.1 Å². The van der Waals surface area contributed by atoms with E-state index in [1.165, 1.54) is 154 Å². The average molecular weight is 1590 g/mol. The van der Waals surface area contributed by atoms with Crippen LogP contribution < -0.4 is 17.6 Å². The summed E-state index contributed by atoms with van der Waals surface area (Å²) in [5.74, 6) is 0. The van der Waals surface area contributed by atoms with E-state index < -0.39 is 0 Å². The van der Waals surface area contributed by atoms with Crippen molar-refractivity contribution in [3.8, 4) is 0 Å². The summed E-state index contributed by atoms with van der Waals surface area (Å²) >= 11 is 9.79. The van der Waals surface area contributed by atoms with Gasteiger partial charge in [0.1, 0.15) is 0 Å². The zero-order valence-corrected chi connectivity index (χ0v) is 79.7. The van der Waals surface area contributed by atoms with E-state index in [2.05, 4.69) is 312 Å². The molecule has 12 radical (unpaired) electrons. The topological polar surface area (TPSA) is 0 Å². The summed E-state index contributed by atoms with van der Waals surface area (Å²) in [6, 6.07) is 10.8. The minimum atomic E-state index is 0.306. The summed E-state index contributed by atoms with van der Waals surface area (Å²) in [5.41, 5.74) is 32.8. The van der Waals surface area contributed by atoms with Gasteiger partial charge in [0.2, 0.25) is 0 Å². The van der Waals surface area contributed by atoms with Gasteiger partial charge in [-0.3, -0.25) is 0 Å². The fourth-order valence-electron chi connectivity index (χ4n) is 27.0. The van der Waals surface area contributed by atoms with Gasteiger partial charge in [-0.15, -0.1) is 0 Å². The van der Waals surface area contributed by atoms with Crippen LogP contribution in [0.4, 0.5) is 0 Å². The number of fused-ring (bicyclic) bond motifs is 8. The second-order valence-electron chi connectivity index (χ2n) is 40.8. The molecular weight excluding hydrogens is 1440 g/mol. The van der Waals surface area contributed by atoms with Gasteiger partial charge in [-0.1, -0.05) is 0 Å². The van der Waals surface area contributed by atoms with Gasteiger partial charge < -0.3 is 0 Å². The Balaban J connectivity index is 0.000000156. The summed E-state index contributed by atoms with van der Waals surface area (Å²) in [7, 11) is 0. The fourth-order valence-corrected chi connectivity index (χ4v) is 34.9. The normalized spacial score (nSPS) is 24.2. The molecule has 100 heavy (non-hydrogen) atoms. The molecule has 548 valence electrons. The van der Waals surface area contributed by atoms with Gasteiger partial charge in [0, 0.05) is 0 Å². The summed E-state index contributed by atoms with van der Waals surface area (Å²) in [6.45, 7) is 78.5. The Bertz CT molecular complexity index is 3000. The van der Waals surface area contributed by atoms with Crippen LogP contribution in [0.2, 0.25) is 0 Å². The number of benzene rings is 4. The molecule has 0 saturated heterocycles. The molecule has 4 aromatic rings. The van der Waals surface area contributed by atoms with Crippen molar-refractivity contribution < 1.29 is 0 Å². The molecule has 0 heterocycles. The molecule has 8 aliphatic rings. The van der Waals surface area contributed by atoms with Crippen molar-refractivity contribution in [3.05, 3.63) is 113 Å². The maximum atomic E-state index is 2.71. The standard InChI is InChI=1S/4C24H37Ge/c4*1-9-23(10-2)14-21(5,6)18-16(23)13-17-19(20(18)25)22(7,8)15-24(17,11-3)12-4/h4*13H,9-12,14-15H2,1-8H3. The third-order valence-corrected chi connectivity index (χ3v) is 36.6. The molecule has 0 amide bonds. The molecule has 0 atom stereocenters. The molecule has 0 N–H and O–H groups in total. The molecule has 8 aliphatic carbocycles. The molecule has 4 aromatic carbocycles. The quantitative estimate of drug-likeness (QED) is 0.0981. The van der Waals surface area contributed by atoms with Crippen molar-refractivity contribution in [3.63, 3.8) is 0 Å². The first kappa shape index (κ1) is 83.1. The van der Waals surface area contributed by atoms with Crippen molar-refractivity contribution >= 4 is 83.6 Å². The van der Waals surface area contributed by atoms with Gasteiger partial charge in [0.25, 0.3) is 0 Å². The number of hydrogen-bond acceptors (Lipinski definition) is 0. The van der Waals surface area contributed by atoms with Crippen LogP contribution in [0.3, 0.4) is 0 Å². The van der Waals surface area contributed by atoms with E-state index in [1.54, 1.807) is 107 Å². The second kappa shape index (κ2) is 27.6. The number of rotatable bonds is 16. The van der Waals surface area contributed by atoms with Gasteiger partial charge >= 0.3 is 659 Å². The van der Waals surface area contributed by atoms with Crippen LogP contribution in [0.1, 0.15) is 465 Å². The summed E-state index contributed by atoms with van der Waals surface area (Å²) in [6.07, 6.45) is 30.9. The molecule has 4 heteroatoms. The molecule has 0 spiro atoms. The van der Waals surface area contributed by atoms with Crippen LogP contribution in [-0.2, 0) is 86.6 Å². The third kappa shape index (κ3) is 12.2. The molecule has 0 bridgehead atoms. The van der Waals surface area contributed by atoms with Gasteiger partial charge in [-0.05, 0) is 0 Å². The third-order valence-electron chi connectivity index (χ3n) is 32.4. The van der Waals surface area contributed by atoms with Gasteiger partial charge in [-0.25, -0.2) is 0 Å². The van der Waals surface area contributed by atoms with E-state index in [9.17, 15) is 0 Å². The Morgan fingerprint density at radius 2 is 0.260 bits per heavy atom. The van der Waals surface area contributed by atoms with E-state index in [0.29, 0.717) is 86.6 Å². The molecule has 0 aliphatic heterocycles. The number of hydrogen-bond donors (Lipinski definition) is 0. The van der Waals surface area contributed by atoms with Crippen molar-refractivity contribution in [1.29, 1.82) is 0 Å². The molecule has 0 saturated carbocycles. The van der Waals surface area contributed by atoms with E-state index in [1.807, 2.05) is 0 Å². The predicted octanol–water partition coefficient (Wildman–Crippen LogP) is 23.8. The Morgan fingerprint density at radius 1 is 0.180 bits per heavy atom. The van der Waals surface area contributed by atoms with Gasteiger partial charge in [0.15, 0.2) is 0 Å². The average Bonchev–Trinajstić information content (AvgIpc) is 1.55. The molecule has 0 aromatic heterocycles. The zero-order valence-electron chi connectivity index (χ0n) is 71.3. The first-order valence-electron chi connectivity index (χ1n) is 41.9. The van der Waals surface area contributed by atoms with Gasteiger partial charge in [-0.2, -0.15) is 0 Å². The van der Waals surface area contributed by atoms with Crippen LogP contribution >= 0.6 is 0 Å².